The van der Waals surface area contributed by atoms with E-state index in [-0.39, 0.29) is 0 Å². The predicted molar refractivity (Wildman–Crippen MR) is 109 cm³/mol. The molecule has 1 aromatic carbocycles. The smallest absolute Gasteiger partial charge is 0.148 e. The summed E-state index contributed by atoms with van der Waals surface area (Å²) in [6, 6.07) is 10.6. The quantitative estimate of drug-likeness (QED) is 0.717. The second kappa shape index (κ2) is 8.87. The lowest BCUT2D eigenvalue weighted by atomic mass is 9.96. The normalized spacial score (nSPS) is 19.2. The molecule has 0 bridgehead atoms. The summed E-state index contributed by atoms with van der Waals surface area (Å²) in [4.78, 5) is 14.4. The number of nitrogens with zero attached hydrogens (tertiary/aromatic N) is 4. The highest BCUT2D eigenvalue weighted by atomic mass is 32.2. The highest BCUT2D eigenvalue weighted by Crippen LogP contribution is 2.26. The number of hydrogen-bond acceptors (Lipinski definition) is 5. The van der Waals surface area contributed by atoms with Crippen LogP contribution in [0.2, 0.25) is 0 Å². The number of hydrogen-bond donors (Lipinski definition) is 0. The van der Waals surface area contributed by atoms with E-state index in [1.54, 1.807) is 11.8 Å². The van der Waals surface area contributed by atoms with Crippen LogP contribution in [0.5, 0.6) is 0 Å². The van der Waals surface area contributed by atoms with Crippen LogP contribution in [0.15, 0.2) is 47.8 Å². The maximum absolute atomic E-state index is 4.86. The molecule has 0 amide bonds. The summed E-state index contributed by atoms with van der Waals surface area (Å²) in [5.74, 6) is 2.84. The molecule has 4 rings (SSSR count). The Morgan fingerprint density at radius 3 is 2.50 bits per heavy atom. The van der Waals surface area contributed by atoms with Gasteiger partial charge in [0, 0.05) is 25.4 Å². The Hall–Kier alpha value is -1.59. The Morgan fingerprint density at radius 1 is 0.962 bits per heavy atom. The van der Waals surface area contributed by atoms with E-state index >= 15 is 0 Å². The van der Waals surface area contributed by atoms with Crippen LogP contribution in [0.4, 0.5) is 5.82 Å². The first kappa shape index (κ1) is 17.8. The second-order valence-electron chi connectivity index (χ2n) is 7.43. The zero-order valence-electron chi connectivity index (χ0n) is 15.4. The molecule has 2 aromatic rings. The molecular weight excluding hydrogens is 340 g/mol. The van der Waals surface area contributed by atoms with Crippen LogP contribution >= 0.6 is 11.8 Å². The zero-order chi connectivity index (χ0) is 17.6. The number of anilines is 1. The Kier molecular flexibility index (Phi) is 6.07. The van der Waals surface area contributed by atoms with Gasteiger partial charge < -0.3 is 9.80 Å². The maximum atomic E-state index is 4.86. The fourth-order valence-electron chi connectivity index (χ4n) is 3.97. The topological polar surface area (TPSA) is 32.3 Å². The van der Waals surface area contributed by atoms with Crippen molar-refractivity contribution in [2.45, 2.75) is 36.5 Å². The highest BCUT2D eigenvalue weighted by molar-refractivity contribution is 7.98. The molecule has 3 heterocycles. The molecule has 4 nitrogen and oxygen atoms in total. The summed E-state index contributed by atoms with van der Waals surface area (Å²) < 4.78 is 0. The van der Waals surface area contributed by atoms with E-state index in [9.17, 15) is 0 Å². The molecule has 0 radical (unpaired) electrons. The van der Waals surface area contributed by atoms with Crippen molar-refractivity contribution >= 4 is 17.6 Å². The van der Waals surface area contributed by atoms with Crippen LogP contribution < -0.4 is 4.90 Å². The Balaban J connectivity index is 1.29. The fourth-order valence-corrected chi connectivity index (χ4v) is 4.77. The summed E-state index contributed by atoms with van der Waals surface area (Å²) in [5.41, 5.74) is 1.33. The first-order valence-corrected chi connectivity index (χ1v) is 10.8. The van der Waals surface area contributed by atoms with Gasteiger partial charge in [-0.3, -0.25) is 4.98 Å². The van der Waals surface area contributed by atoms with Gasteiger partial charge in [0.15, 0.2) is 0 Å². The molecule has 2 saturated heterocycles. The molecule has 0 N–H and O–H groups in total. The maximum Gasteiger partial charge on any atom is 0.148 e. The predicted octanol–water partition coefficient (Wildman–Crippen LogP) is 4.08. The largest absolute Gasteiger partial charge is 0.355 e. The van der Waals surface area contributed by atoms with Crippen molar-refractivity contribution in [3.8, 4) is 0 Å². The second-order valence-corrected chi connectivity index (χ2v) is 8.42. The molecule has 2 aliphatic heterocycles. The number of rotatable bonds is 6. The van der Waals surface area contributed by atoms with Crippen molar-refractivity contribution in [3.05, 3.63) is 48.3 Å². The Morgan fingerprint density at radius 2 is 1.73 bits per heavy atom. The molecule has 5 heteroatoms. The Labute approximate surface area is 161 Å². The van der Waals surface area contributed by atoms with Gasteiger partial charge in [0.2, 0.25) is 0 Å². The van der Waals surface area contributed by atoms with Crippen LogP contribution in [0.1, 0.15) is 31.2 Å². The molecule has 0 atom stereocenters. The minimum Gasteiger partial charge on any atom is -0.355 e. The third-order valence-corrected chi connectivity index (χ3v) is 6.45. The molecule has 2 aliphatic rings. The van der Waals surface area contributed by atoms with Gasteiger partial charge in [0.05, 0.1) is 12.4 Å². The summed E-state index contributed by atoms with van der Waals surface area (Å²) in [6.45, 7) is 6.14. The number of benzene rings is 1. The molecular formula is C21H28N4S. The van der Waals surface area contributed by atoms with E-state index in [4.69, 9.17) is 4.98 Å². The van der Waals surface area contributed by atoms with Crippen LogP contribution in [-0.4, -0.2) is 47.6 Å². The van der Waals surface area contributed by atoms with Crippen LogP contribution in [-0.2, 0) is 5.75 Å². The number of aromatic nitrogens is 2. The van der Waals surface area contributed by atoms with Gasteiger partial charge in [0.1, 0.15) is 10.8 Å². The third-order valence-electron chi connectivity index (χ3n) is 5.48. The molecule has 138 valence electrons. The van der Waals surface area contributed by atoms with E-state index in [2.05, 4.69) is 45.1 Å². The molecule has 2 fully saturated rings. The first-order valence-electron chi connectivity index (χ1n) is 9.83. The average Bonchev–Trinajstić information content (AvgIpc) is 3.21. The average molecular weight is 369 g/mol. The molecule has 0 saturated carbocycles. The standard InChI is InChI=1S/C21H28N4S/c1-2-6-19(7-3-1)17-26-21-15-22-14-20(23-21)25-12-8-18(9-13-25)16-24-10-4-5-11-24/h1-3,6-7,14-15,18H,4-5,8-13,16-17H2. The monoisotopic (exact) mass is 368 g/mol. The van der Waals surface area contributed by atoms with Gasteiger partial charge in [-0.1, -0.05) is 30.3 Å². The van der Waals surface area contributed by atoms with Crippen LogP contribution in [0, 0.1) is 5.92 Å². The molecule has 0 unspecified atom stereocenters. The summed E-state index contributed by atoms with van der Waals surface area (Å²) in [5, 5.41) is 1.02. The van der Waals surface area contributed by atoms with Gasteiger partial charge >= 0.3 is 0 Å². The highest BCUT2D eigenvalue weighted by Gasteiger charge is 2.23. The lowest BCUT2D eigenvalue weighted by Crippen LogP contribution is -2.38. The molecule has 26 heavy (non-hydrogen) atoms. The van der Waals surface area contributed by atoms with Crippen LogP contribution in [0.3, 0.4) is 0 Å². The minimum absolute atomic E-state index is 0.855. The molecule has 1 aromatic heterocycles. The summed E-state index contributed by atoms with van der Waals surface area (Å²) in [6.07, 6.45) is 9.15. The van der Waals surface area contributed by atoms with Crippen molar-refractivity contribution in [2.75, 3.05) is 37.6 Å². The van der Waals surface area contributed by atoms with E-state index in [1.165, 1.54) is 50.9 Å². The van der Waals surface area contributed by atoms with Crippen molar-refractivity contribution in [1.82, 2.24) is 14.9 Å². The van der Waals surface area contributed by atoms with Crippen molar-refractivity contribution in [1.29, 1.82) is 0 Å². The third kappa shape index (κ3) is 4.77. The number of thioether (sulfide) groups is 1. The van der Waals surface area contributed by atoms with Crippen molar-refractivity contribution in [2.24, 2.45) is 5.92 Å². The zero-order valence-corrected chi connectivity index (χ0v) is 16.2. The van der Waals surface area contributed by atoms with Gasteiger partial charge in [-0.25, -0.2) is 4.98 Å². The molecule has 0 aliphatic carbocycles. The van der Waals surface area contributed by atoms with Crippen LogP contribution in [0.25, 0.3) is 0 Å². The summed E-state index contributed by atoms with van der Waals surface area (Å²) in [7, 11) is 0. The Bertz CT molecular complexity index is 679. The van der Waals surface area contributed by atoms with Gasteiger partial charge in [-0.15, -0.1) is 11.8 Å². The fraction of sp³-hybridized carbons (Fsp3) is 0.524. The summed E-state index contributed by atoms with van der Waals surface area (Å²) >= 11 is 1.77. The van der Waals surface area contributed by atoms with E-state index in [0.29, 0.717) is 0 Å². The van der Waals surface area contributed by atoms with Gasteiger partial charge in [-0.05, 0) is 50.3 Å². The van der Waals surface area contributed by atoms with E-state index in [0.717, 1.165) is 35.6 Å². The van der Waals surface area contributed by atoms with Crippen molar-refractivity contribution in [3.63, 3.8) is 0 Å². The van der Waals surface area contributed by atoms with E-state index < -0.39 is 0 Å². The lowest BCUT2D eigenvalue weighted by Gasteiger charge is -2.34. The van der Waals surface area contributed by atoms with Gasteiger partial charge in [-0.2, -0.15) is 0 Å². The van der Waals surface area contributed by atoms with E-state index in [1.807, 2.05) is 12.4 Å². The van der Waals surface area contributed by atoms with Gasteiger partial charge in [0.25, 0.3) is 0 Å². The lowest BCUT2D eigenvalue weighted by molar-refractivity contribution is 0.249. The SMILES string of the molecule is c1ccc(CSc2cncc(N3CCC(CN4CCCC4)CC3)n2)cc1. The number of likely N-dealkylation sites (tertiary alicyclic amines) is 1. The first-order chi connectivity index (χ1) is 12.9. The van der Waals surface area contributed by atoms with Crippen molar-refractivity contribution < 1.29 is 0 Å². The molecule has 0 spiro atoms. The minimum atomic E-state index is 0.855. The number of piperidine rings is 1.